The number of nitrogens with zero attached hydrogens (tertiary/aromatic N) is 4. The molecule has 17 heavy (non-hydrogen) atoms. The average Bonchev–Trinajstić information content (AvgIpc) is 2.25. The van der Waals surface area contributed by atoms with Gasteiger partial charge in [0.15, 0.2) is 0 Å². The number of hydrazine groups is 1. The topological polar surface area (TPSA) is 83.7 Å². The summed E-state index contributed by atoms with van der Waals surface area (Å²) in [5, 5.41) is 1.05. The van der Waals surface area contributed by atoms with Gasteiger partial charge in [0, 0.05) is 6.20 Å². The highest BCUT2D eigenvalue weighted by atomic mass is 16.7. The lowest BCUT2D eigenvalue weighted by atomic mass is 10.4. The molecule has 0 radical (unpaired) electrons. The number of pyridine rings is 1. The molecule has 0 aromatic carbocycles. The monoisotopic (exact) mass is 239 g/mol. The Morgan fingerprint density at radius 3 is 2.53 bits per heavy atom. The first-order valence-corrected chi connectivity index (χ1v) is 5.08. The fourth-order valence-electron chi connectivity index (χ4n) is 1.29. The van der Waals surface area contributed by atoms with Crippen LogP contribution in [0.1, 0.15) is 0 Å². The second kappa shape index (κ2) is 5.35. The summed E-state index contributed by atoms with van der Waals surface area (Å²) in [6, 6.07) is 4.00. The molecule has 0 fully saturated rings. The fourth-order valence-corrected chi connectivity index (χ4v) is 1.29. The maximum Gasteiger partial charge on any atom is 0.471 e. The van der Waals surface area contributed by atoms with E-state index < -0.39 is 0 Å². The lowest BCUT2D eigenvalue weighted by Crippen LogP contribution is -2.42. The predicted molar refractivity (Wildman–Crippen MR) is 67.2 cm³/mol. The third kappa shape index (κ3) is 3.22. The van der Waals surface area contributed by atoms with Gasteiger partial charge in [-0.1, -0.05) is 0 Å². The second-order valence-corrected chi connectivity index (χ2v) is 3.90. The first-order chi connectivity index (χ1) is 7.93. The van der Waals surface area contributed by atoms with Crippen molar-refractivity contribution in [2.24, 2.45) is 5.84 Å². The van der Waals surface area contributed by atoms with E-state index in [2.05, 4.69) is 4.98 Å². The molecule has 94 valence electrons. The molecule has 1 aromatic rings. The van der Waals surface area contributed by atoms with E-state index in [0.29, 0.717) is 17.5 Å². The van der Waals surface area contributed by atoms with E-state index in [-0.39, 0.29) is 0 Å². The lowest BCUT2D eigenvalue weighted by molar-refractivity contribution is -0.481. The number of amidine groups is 1. The van der Waals surface area contributed by atoms with Crippen molar-refractivity contribution in [1.29, 1.82) is 0 Å². The van der Waals surface area contributed by atoms with Gasteiger partial charge in [-0.15, -0.1) is 5.17 Å². The van der Waals surface area contributed by atoms with E-state index in [1.165, 1.54) is 0 Å². The average molecular weight is 239 g/mol. The lowest BCUT2D eigenvalue weighted by Gasteiger charge is -2.19. The minimum absolute atomic E-state index is 0.369. The maximum absolute atomic E-state index is 5.77. The van der Waals surface area contributed by atoms with Crippen LogP contribution < -0.4 is 16.7 Å². The molecular formula is C10H19N6O+. The van der Waals surface area contributed by atoms with Crippen LogP contribution in [0.15, 0.2) is 18.3 Å². The van der Waals surface area contributed by atoms with E-state index in [4.69, 9.17) is 16.4 Å². The molecule has 7 heteroatoms. The largest absolute Gasteiger partial charge is 0.471 e. The maximum atomic E-state index is 5.77. The molecule has 0 aliphatic rings. The van der Waals surface area contributed by atoms with Crippen LogP contribution in [0.3, 0.4) is 0 Å². The number of nitrogens with two attached hydrogens (primary N) is 2. The summed E-state index contributed by atoms with van der Waals surface area (Å²) >= 11 is 0. The van der Waals surface area contributed by atoms with Gasteiger partial charge in [0.05, 0.1) is 33.9 Å². The molecule has 7 nitrogen and oxygen atoms in total. The molecule has 0 bridgehead atoms. The van der Waals surface area contributed by atoms with Crippen molar-refractivity contribution in [3.05, 3.63) is 18.3 Å². The summed E-state index contributed by atoms with van der Waals surface area (Å²) < 4.78 is 1.79. The molecule has 4 N–H and O–H groups in total. The van der Waals surface area contributed by atoms with Crippen LogP contribution in [0.4, 0.5) is 11.5 Å². The Morgan fingerprint density at radius 2 is 2.06 bits per heavy atom. The first kappa shape index (κ1) is 13.0. The smallest absolute Gasteiger partial charge is 0.396 e. The van der Waals surface area contributed by atoms with Gasteiger partial charge in [0.1, 0.15) is 0 Å². The minimum atomic E-state index is 0.369. The van der Waals surface area contributed by atoms with Crippen LogP contribution >= 0.6 is 0 Å². The van der Waals surface area contributed by atoms with Crippen molar-refractivity contribution in [2.45, 2.75) is 0 Å². The highest BCUT2D eigenvalue weighted by molar-refractivity contribution is 5.70. The molecule has 1 heterocycles. The van der Waals surface area contributed by atoms with Gasteiger partial charge in [-0.05, 0) is 12.1 Å². The van der Waals surface area contributed by atoms with Gasteiger partial charge in [0.2, 0.25) is 5.82 Å². The SMILES string of the molecule is CN(C)C(ON(N)c1ncccc1N)=[N+](C)C. The second-order valence-electron chi connectivity index (χ2n) is 3.90. The summed E-state index contributed by atoms with van der Waals surface area (Å²) in [5.74, 6) is 6.14. The van der Waals surface area contributed by atoms with Crippen LogP contribution in [-0.4, -0.2) is 48.7 Å². The van der Waals surface area contributed by atoms with Gasteiger partial charge in [-0.25, -0.2) is 20.3 Å². The summed E-state index contributed by atoms with van der Waals surface area (Å²) in [6.07, 6.45) is 1.60. The third-order valence-electron chi connectivity index (χ3n) is 1.97. The molecule has 1 aromatic heterocycles. The quantitative estimate of drug-likeness (QED) is 0.237. The molecule has 0 aliphatic carbocycles. The number of anilines is 2. The highest BCUT2D eigenvalue weighted by Gasteiger charge is 2.19. The highest BCUT2D eigenvalue weighted by Crippen LogP contribution is 2.16. The Morgan fingerprint density at radius 1 is 1.41 bits per heavy atom. The zero-order valence-electron chi connectivity index (χ0n) is 10.6. The number of nitrogen functional groups attached to an aromatic ring is 1. The van der Waals surface area contributed by atoms with Crippen molar-refractivity contribution in [2.75, 3.05) is 39.1 Å². The Balaban J connectivity index is 2.90. The van der Waals surface area contributed by atoms with Crippen molar-refractivity contribution < 1.29 is 9.41 Å². The van der Waals surface area contributed by atoms with Crippen LogP contribution in [0.5, 0.6) is 0 Å². The van der Waals surface area contributed by atoms with E-state index in [1.807, 2.05) is 28.2 Å². The Hall–Kier alpha value is -2.02. The normalized spacial score (nSPS) is 9.71. The summed E-state index contributed by atoms with van der Waals surface area (Å²) in [6.45, 7) is 0. The van der Waals surface area contributed by atoms with Crippen LogP contribution in [0.2, 0.25) is 0 Å². The van der Waals surface area contributed by atoms with Gasteiger partial charge < -0.3 is 5.73 Å². The van der Waals surface area contributed by atoms with Gasteiger partial charge in [0.25, 0.3) is 0 Å². The molecule has 0 saturated carbocycles. The summed E-state index contributed by atoms with van der Waals surface area (Å²) in [5.41, 5.74) is 6.20. The molecule has 1 rings (SSSR count). The fraction of sp³-hybridized carbons (Fsp3) is 0.400. The zero-order chi connectivity index (χ0) is 13.0. The zero-order valence-corrected chi connectivity index (χ0v) is 10.6. The molecule has 0 atom stereocenters. The molecule has 0 amide bonds. The Labute approximate surface area is 101 Å². The standard InChI is InChI=1S/C10H19N6O/c1-14(2)10(15(3)4)17-16(12)9-8(11)6-5-7-13-9/h5-7H,11-12H2,1-4H3/q+1. The Kier molecular flexibility index (Phi) is 4.11. The third-order valence-corrected chi connectivity index (χ3v) is 1.97. The van der Waals surface area contributed by atoms with Crippen molar-refractivity contribution in [3.63, 3.8) is 0 Å². The number of aromatic nitrogens is 1. The van der Waals surface area contributed by atoms with E-state index >= 15 is 0 Å². The van der Waals surface area contributed by atoms with E-state index in [1.54, 1.807) is 27.8 Å². The van der Waals surface area contributed by atoms with E-state index in [9.17, 15) is 0 Å². The number of hydrogen-bond donors (Lipinski definition) is 2. The van der Waals surface area contributed by atoms with Gasteiger partial charge in [-0.3, -0.25) is 4.84 Å². The van der Waals surface area contributed by atoms with Crippen LogP contribution in [0, 0.1) is 0 Å². The summed E-state index contributed by atoms with van der Waals surface area (Å²) in [7, 11) is 7.41. The number of rotatable bonds is 2. The van der Waals surface area contributed by atoms with Crippen molar-refractivity contribution in [3.8, 4) is 0 Å². The summed E-state index contributed by atoms with van der Waals surface area (Å²) in [4.78, 5) is 11.3. The number of hydrogen-bond acceptors (Lipinski definition) is 5. The minimum Gasteiger partial charge on any atom is -0.396 e. The van der Waals surface area contributed by atoms with Crippen LogP contribution in [0.25, 0.3) is 0 Å². The molecule has 0 unspecified atom stereocenters. The molecule has 0 aliphatic heterocycles. The molecular weight excluding hydrogens is 220 g/mol. The van der Waals surface area contributed by atoms with Crippen LogP contribution in [-0.2, 0) is 4.84 Å². The van der Waals surface area contributed by atoms with Crippen molar-refractivity contribution in [1.82, 2.24) is 9.88 Å². The van der Waals surface area contributed by atoms with Crippen molar-refractivity contribution >= 4 is 17.5 Å². The first-order valence-electron chi connectivity index (χ1n) is 5.08. The van der Waals surface area contributed by atoms with E-state index in [0.717, 1.165) is 5.17 Å². The van der Waals surface area contributed by atoms with Gasteiger partial charge >= 0.3 is 6.02 Å². The molecule has 0 saturated heterocycles. The molecule has 0 spiro atoms. The van der Waals surface area contributed by atoms with Gasteiger partial charge in [-0.2, -0.15) is 0 Å². The predicted octanol–water partition coefficient (Wildman–Crippen LogP) is -0.535. The Bertz CT molecular complexity index is 413.